The fourth-order valence-corrected chi connectivity index (χ4v) is 3.51. The number of rotatable bonds is 6. The topological polar surface area (TPSA) is 21.3 Å². The Bertz CT molecular complexity index is 426. The fraction of sp³-hybridized carbons (Fsp3) is 0.600. The van der Waals surface area contributed by atoms with Crippen molar-refractivity contribution in [3.8, 4) is 0 Å². The molecule has 1 aliphatic rings. The van der Waals surface area contributed by atoms with Gasteiger partial charge in [-0.3, -0.25) is 0 Å². The molecule has 2 atom stereocenters. The van der Waals surface area contributed by atoms with Gasteiger partial charge in [-0.1, -0.05) is 24.6 Å². The van der Waals surface area contributed by atoms with Gasteiger partial charge in [-0.2, -0.15) is 11.8 Å². The maximum Gasteiger partial charge on any atom is 0.124 e. The van der Waals surface area contributed by atoms with Gasteiger partial charge in [0.15, 0.2) is 0 Å². The van der Waals surface area contributed by atoms with E-state index >= 15 is 0 Å². The molecule has 2 rings (SSSR count). The molecule has 1 heterocycles. The van der Waals surface area contributed by atoms with Crippen LogP contribution in [-0.2, 0) is 11.2 Å². The Balaban J connectivity index is 2.05. The summed E-state index contributed by atoms with van der Waals surface area (Å²) >= 11 is 8.06. The third-order valence-electron chi connectivity index (χ3n) is 3.40. The lowest BCUT2D eigenvalue weighted by Gasteiger charge is -2.31. The lowest BCUT2D eigenvalue weighted by Crippen LogP contribution is -2.46. The molecular weight excluding hydrogens is 297 g/mol. The van der Waals surface area contributed by atoms with Gasteiger partial charge < -0.3 is 10.1 Å². The van der Waals surface area contributed by atoms with Gasteiger partial charge in [-0.25, -0.2) is 4.39 Å². The van der Waals surface area contributed by atoms with Gasteiger partial charge in [-0.05, 0) is 37.1 Å². The standard InChI is InChI=1S/C15H21ClFNOS/c1-2-5-18-14(15-10-20-7-6-19-15)8-11-3-4-12(17)9-13(11)16/h3-4,9,14-15,18H,2,5-8,10H2,1H3. The van der Waals surface area contributed by atoms with E-state index in [4.69, 9.17) is 16.3 Å². The third-order valence-corrected chi connectivity index (χ3v) is 4.77. The maximum absolute atomic E-state index is 13.1. The zero-order valence-electron chi connectivity index (χ0n) is 11.7. The van der Waals surface area contributed by atoms with Crippen molar-refractivity contribution in [2.75, 3.05) is 24.7 Å². The summed E-state index contributed by atoms with van der Waals surface area (Å²) < 4.78 is 19.0. The summed E-state index contributed by atoms with van der Waals surface area (Å²) in [6, 6.07) is 4.85. The second-order valence-electron chi connectivity index (χ2n) is 4.98. The van der Waals surface area contributed by atoms with E-state index in [9.17, 15) is 4.39 Å². The van der Waals surface area contributed by atoms with Crippen molar-refractivity contribution in [2.45, 2.75) is 31.9 Å². The van der Waals surface area contributed by atoms with E-state index in [0.717, 1.165) is 43.1 Å². The molecule has 0 aromatic heterocycles. The minimum atomic E-state index is -0.290. The Kier molecular flexibility index (Phi) is 6.62. The van der Waals surface area contributed by atoms with Crippen LogP contribution in [0.25, 0.3) is 0 Å². The molecule has 2 unspecified atom stereocenters. The first-order valence-corrected chi connectivity index (χ1v) is 8.60. The number of benzene rings is 1. The number of thioether (sulfide) groups is 1. The van der Waals surface area contributed by atoms with Gasteiger partial charge >= 0.3 is 0 Å². The van der Waals surface area contributed by atoms with Crippen LogP contribution in [0.15, 0.2) is 18.2 Å². The summed E-state index contributed by atoms with van der Waals surface area (Å²) in [4.78, 5) is 0. The van der Waals surface area contributed by atoms with E-state index in [1.165, 1.54) is 12.1 Å². The summed E-state index contributed by atoms with van der Waals surface area (Å²) in [6.07, 6.45) is 2.04. The Morgan fingerprint density at radius 3 is 3.05 bits per heavy atom. The van der Waals surface area contributed by atoms with E-state index in [1.54, 1.807) is 6.07 Å². The summed E-state index contributed by atoms with van der Waals surface area (Å²) in [6.45, 7) is 3.90. The molecular formula is C15H21ClFNOS. The third kappa shape index (κ3) is 4.62. The van der Waals surface area contributed by atoms with Crippen LogP contribution < -0.4 is 5.32 Å². The van der Waals surface area contributed by atoms with Crippen LogP contribution in [0.5, 0.6) is 0 Å². The molecule has 1 N–H and O–H groups in total. The molecule has 0 bridgehead atoms. The van der Waals surface area contributed by atoms with Crippen LogP contribution in [0, 0.1) is 5.82 Å². The van der Waals surface area contributed by atoms with Crippen LogP contribution in [0.2, 0.25) is 5.02 Å². The van der Waals surface area contributed by atoms with E-state index in [2.05, 4.69) is 12.2 Å². The van der Waals surface area contributed by atoms with Gasteiger partial charge in [-0.15, -0.1) is 0 Å². The highest BCUT2D eigenvalue weighted by Gasteiger charge is 2.25. The molecule has 20 heavy (non-hydrogen) atoms. The molecule has 0 aliphatic carbocycles. The molecule has 0 saturated carbocycles. The molecule has 0 amide bonds. The quantitative estimate of drug-likeness (QED) is 0.867. The van der Waals surface area contributed by atoms with Crippen molar-refractivity contribution < 1.29 is 9.13 Å². The van der Waals surface area contributed by atoms with E-state index in [0.29, 0.717) is 5.02 Å². The molecule has 1 aliphatic heterocycles. The van der Waals surface area contributed by atoms with Crippen LogP contribution in [0.3, 0.4) is 0 Å². The highest BCUT2D eigenvalue weighted by atomic mass is 35.5. The average molecular weight is 318 g/mol. The number of halogens is 2. The lowest BCUT2D eigenvalue weighted by molar-refractivity contribution is 0.0472. The molecule has 0 spiro atoms. The van der Waals surface area contributed by atoms with Crippen LogP contribution in [0.1, 0.15) is 18.9 Å². The predicted molar refractivity (Wildman–Crippen MR) is 84.3 cm³/mol. The van der Waals surface area contributed by atoms with Crippen molar-refractivity contribution >= 4 is 23.4 Å². The first-order valence-electron chi connectivity index (χ1n) is 7.07. The maximum atomic E-state index is 13.1. The van der Waals surface area contributed by atoms with Crippen molar-refractivity contribution in [2.24, 2.45) is 0 Å². The van der Waals surface area contributed by atoms with Gasteiger partial charge in [0.1, 0.15) is 5.82 Å². The smallest absolute Gasteiger partial charge is 0.124 e. The summed E-state index contributed by atoms with van der Waals surface area (Å²) in [5.41, 5.74) is 0.973. The highest BCUT2D eigenvalue weighted by Crippen LogP contribution is 2.22. The van der Waals surface area contributed by atoms with Crippen LogP contribution in [0.4, 0.5) is 4.39 Å². The number of hydrogen-bond acceptors (Lipinski definition) is 3. The molecule has 1 aromatic carbocycles. The van der Waals surface area contributed by atoms with E-state index in [1.807, 2.05) is 11.8 Å². The second kappa shape index (κ2) is 8.23. The lowest BCUT2D eigenvalue weighted by atomic mass is 10.0. The Morgan fingerprint density at radius 1 is 1.55 bits per heavy atom. The first-order chi connectivity index (χ1) is 9.70. The van der Waals surface area contributed by atoms with Crippen LogP contribution in [-0.4, -0.2) is 36.8 Å². The van der Waals surface area contributed by atoms with E-state index in [-0.39, 0.29) is 18.0 Å². The molecule has 112 valence electrons. The molecule has 0 radical (unpaired) electrons. The SMILES string of the molecule is CCCNC(Cc1ccc(F)cc1Cl)C1CSCCO1. The minimum Gasteiger partial charge on any atom is -0.375 e. The zero-order valence-corrected chi connectivity index (χ0v) is 13.3. The summed E-state index contributed by atoms with van der Waals surface area (Å²) in [5, 5.41) is 4.04. The van der Waals surface area contributed by atoms with Crippen molar-refractivity contribution in [3.63, 3.8) is 0 Å². The number of nitrogens with one attached hydrogen (secondary N) is 1. The molecule has 1 fully saturated rings. The monoisotopic (exact) mass is 317 g/mol. The highest BCUT2D eigenvalue weighted by molar-refractivity contribution is 7.99. The van der Waals surface area contributed by atoms with E-state index < -0.39 is 0 Å². The minimum absolute atomic E-state index is 0.196. The molecule has 1 aromatic rings. The first kappa shape index (κ1) is 16.1. The van der Waals surface area contributed by atoms with Gasteiger partial charge in [0.25, 0.3) is 0 Å². The van der Waals surface area contributed by atoms with Crippen molar-refractivity contribution in [1.82, 2.24) is 5.32 Å². The Hall–Kier alpha value is -0.290. The van der Waals surface area contributed by atoms with Gasteiger partial charge in [0.2, 0.25) is 0 Å². The average Bonchev–Trinajstić information content (AvgIpc) is 2.46. The number of ether oxygens (including phenoxy) is 1. The molecule has 1 saturated heterocycles. The molecule has 5 heteroatoms. The Labute approximate surface area is 129 Å². The van der Waals surface area contributed by atoms with Gasteiger partial charge in [0, 0.05) is 22.6 Å². The van der Waals surface area contributed by atoms with Crippen molar-refractivity contribution in [1.29, 1.82) is 0 Å². The fourth-order valence-electron chi connectivity index (χ4n) is 2.33. The largest absolute Gasteiger partial charge is 0.375 e. The van der Waals surface area contributed by atoms with Gasteiger partial charge in [0.05, 0.1) is 12.7 Å². The molecule has 2 nitrogen and oxygen atoms in total. The number of hydrogen-bond donors (Lipinski definition) is 1. The Morgan fingerprint density at radius 2 is 2.40 bits per heavy atom. The zero-order chi connectivity index (χ0) is 14.4. The normalized spacial score (nSPS) is 20.9. The second-order valence-corrected chi connectivity index (χ2v) is 6.54. The summed E-state index contributed by atoms with van der Waals surface area (Å²) in [7, 11) is 0. The predicted octanol–water partition coefficient (Wildman–Crippen LogP) is 3.52. The van der Waals surface area contributed by atoms with Crippen LogP contribution >= 0.6 is 23.4 Å². The summed E-state index contributed by atoms with van der Waals surface area (Å²) in [5.74, 6) is 1.77. The van der Waals surface area contributed by atoms with Crippen molar-refractivity contribution in [3.05, 3.63) is 34.6 Å².